The van der Waals surface area contributed by atoms with Crippen molar-refractivity contribution in [3.63, 3.8) is 0 Å². The van der Waals surface area contributed by atoms with Gasteiger partial charge < -0.3 is 15.1 Å². The smallest absolute Gasteiger partial charge is 0.222 e. The second-order valence-electron chi connectivity index (χ2n) is 5.77. The van der Waals surface area contributed by atoms with Crippen molar-refractivity contribution in [2.45, 2.75) is 32.9 Å². The van der Waals surface area contributed by atoms with E-state index in [1.807, 2.05) is 41.9 Å². The molecule has 1 atom stereocenters. The summed E-state index contributed by atoms with van der Waals surface area (Å²) in [5.74, 6) is 1.03. The number of thiazole rings is 1. The maximum atomic E-state index is 12.3. The largest absolute Gasteiger partial charge is 0.458 e. The van der Waals surface area contributed by atoms with E-state index in [-0.39, 0.29) is 24.3 Å². The van der Waals surface area contributed by atoms with Gasteiger partial charge in [-0.25, -0.2) is 4.98 Å². The highest BCUT2D eigenvalue weighted by atomic mass is 32.1. The summed E-state index contributed by atoms with van der Waals surface area (Å²) in [4.78, 5) is 29.0. The second-order valence-corrected chi connectivity index (χ2v) is 7.81. The summed E-state index contributed by atoms with van der Waals surface area (Å²) in [6.07, 6.45) is 0.180. The molecule has 0 saturated heterocycles. The fourth-order valence-corrected chi connectivity index (χ4v) is 3.87. The van der Waals surface area contributed by atoms with E-state index in [2.05, 4.69) is 15.6 Å². The minimum absolute atomic E-state index is 0.153. The number of rotatable bonds is 7. The molecule has 6 nitrogen and oxygen atoms in total. The normalized spacial score (nSPS) is 11.9. The lowest BCUT2D eigenvalue weighted by molar-refractivity contribution is -0.123. The minimum atomic E-state index is -0.322. The van der Waals surface area contributed by atoms with Gasteiger partial charge in [0, 0.05) is 17.2 Å². The molecule has 3 aromatic rings. The molecule has 0 fully saturated rings. The van der Waals surface area contributed by atoms with E-state index in [0.29, 0.717) is 18.1 Å². The fourth-order valence-electron chi connectivity index (χ4n) is 2.49. The summed E-state index contributed by atoms with van der Waals surface area (Å²) >= 11 is 3.08. The Kier molecular flexibility index (Phi) is 5.85. The lowest BCUT2D eigenvalue weighted by atomic mass is 10.1. The molecule has 0 unspecified atom stereocenters. The molecule has 0 radical (unpaired) electrons. The molecule has 3 aromatic heterocycles. The molecule has 136 valence electrons. The van der Waals surface area contributed by atoms with Crippen molar-refractivity contribution in [3.8, 4) is 11.5 Å². The number of amides is 2. The topological polar surface area (TPSA) is 84.2 Å². The average Bonchev–Trinajstić information content (AvgIpc) is 3.33. The first-order valence-corrected chi connectivity index (χ1v) is 9.85. The number of thiophene rings is 1. The van der Waals surface area contributed by atoms with Gasteiger partial charge in [-0.1, -0.05) is 6.07 Å². The van der Waals surface area contributed by atoms with E-state index >= 15 is 0 Å². The Labute approximate surface area is 159 Å². The van der Waals surface area contributed by atoms with Crippen LogP contribution in [0.25, 0.3) is 11.5 Å². The van der Waals surface area contributed by atoms with Crippen LogP contribution in [-0.2, 0) is 16.1 Å². The first kappa shape index (κ1) is 18.3. The van der Waals surface area contributed by atoms with Crippen LogP contribution in [0.15, 0.2) is 39.4 Å². The number of carbonyl (C=O) groups is 2. The van der Waals surface area contributed by atoms with Crippen molar-refractivity contribution in [3.05, 3.63) is 50.7 Å². The number of nitrogens with zero attached hydrogens (tertiary/aromatic N) is 1. The summed E-state index contributed by atoms with van der Waals surface area (Å²) in [5, 5.41) is 10.5. The number of furan rings is 1. The van der Waals surface area contributed by atoms with Crippen LogP contribution in [0.3, 0.4) is 0 Å². The van der Waals surface area contributed by atoms with Gasteiger partial charge in [-0.2, -0.15) is 0 Å². The second kappa shape index (κ2) is 8.29. The summed E-state index contributed by atoms with van der Waals surface area (Å²) in [5.41, 5.74) is 0.800. The maximum Gasteiger partial charge on any atom is 0.222 e. The van der Waals surface area contributed by atoms with Gasteiger partial charge in [0.15, 0.2) is 5.76 Å². The highest BCUT2D eigenvalue weighted by Crippen LogP contribution is 2.24. The van der Waals surface area contributed by atoms with Crippen LogP contribution in [0.5, 0.6) is 0 Å². The Balaban J connectivity index is 1.56. The van der Waals surface area contributed by atoms with Gasteiger partial charge >= 0.3 is 0 Å². The number of aromatic nitrogens is 1. The van der Waals surface area contributed by atoms with Crippen molar-refractivity contribution in [1.82, 2.24) is 15.6 Å². The zero-order chi connectivity index (χ0) is 18.5. The molecule has 0 aliphatic rings. The standard InChI is InChI=1S/C18H19N3O3S2/c1-11(22)20-14(17-4-3-7-25-17)8-18(23)19-9-13-5-6-16(24-13)15-10-26-12(2)21-15/h3-7,10,14H,8-9H2,1-2H3,(H,19,23)(H,20,22)/t14-/m1/s1. The summed E-state index contributed by atoms with van der Waals surface area (Å²) in [6, 6.07) is 7.17. The number of hydrogen-bond acceptors (Lipinski definition) is 6. The first-order valence-electron chi connectivity index (χ1n) is 8.09. The Morgan fingerprint density at radius 3 is 2.77 bits per heavy atom. The number of hydrogen-bond donors (Lipinski definition) is 2. The quantitative estimate of drug-likeness (QED) is 0.646. The van der Waals surface area contributed by atoms with Crippen LogP contribution < -0.4 is 10.6 Å². The molecule has 3 rings (SSSR count). The monoisotopic (exact) mass is 389 g/mol. The van der Waals surface area contributed by atoms with E-state index in [1.54, 1.807) is 11.3 Å². The lowest BCUT2D eigenvalue weighted by Crippen LogP contribution is -2.32. The Morgan fingerprint density at radius 2 is 2.12 bits per heavy atom. The van der Waals surface area contributed by atoms with Gasteiger partial charge in [-0.3, -0.25) is 9.59 Å². The first-order chi connectivity index (χ1) is 12.5. The van der Waals surface area contributed by atoms with Crippen molar-refractivity contribution in [2.75, 3.05) is 0 Å². The summed E-state index contributed by atoms with van der Waals surface area (Å²) in [6.45, 7) is 3.68. The summed E-state index contributed by atoms with van der Waals surface area (Å²) in [7, 11) is 0. The lowest BCUT2D eigenvalue weighted by Gasteiger charge is -2.16. The summed E-state index contributed by atoms with van der Waals surface area (Å²) < 4.78 is 5.74. The number of carbonyl (C=O) groups excluding carboxylic acids is 2. The molecule has 2 amide bonds. The van der Waals surface area contributed by atoms with Crippen molar-refractivity contribution >= 4 is 34.5 Å². The number of nitrogens with one attached hydrogen (secondary N) is 2. The Morgan fingerprint density at radius 1 is 1.27 bits per heavy atom. The van der Waals surface area contributed by atoms with Crippen LogP contribution in [0, 0.1) is 6.92 Å². The van der Waals surface area contributed by atoms with Crippen LogP contribution in [0.2, 0.25) is 0 Å². The third-order valence-electron chi connectivity index (χ3n) is 3.65. The molecule has 0 bridgehead atoms. The van der Waals surface area contributed by atoms with Crippen LogP contribution >= 0.6 is 22.7 Å². The highest BCUT2D eigenvalue weighted by Gasteiger charge is 2.18. The number of aryl methyl sites for hydroxylation is 1. The molecule has 26 heavy (non-hydrogen) atoms. The molecule has 0 spiro atoms. The highest BCUT2D eigenvalue weighted by molar-refractivity contribution is 7.10. The van der Waals surface area contributed by atoms with E-state index in [9.17, 15) is 9.59 Å². The Bertz CT molecular complexity index is 883. The van der Waals surface area contributed by atoms with E-state index < -0.39 is 0 Å². The molecular weight excluding hydrogens is 370 g/mol. The fraction of sp³-hybridized carbons (Fsp3) is 0.278. The predicted molar refractivity (Wildman–Crippen MR) is 102 cm³/mol. The van der Waals surface area contributed by atoms with E-state index in [4.69, 9.17) is 4.42 Å². The average molecular weight is 390 g/mol. The maximum absolute atomic E-state index is 12.3. The Hall–Kier alpha value is -2.45. The van der Waals surface area contributed by atoms with Gasteiger partial charge in [0.25, 0.3) is 0 Å². The van der Waals surface area contributed by atoms with Crippen molar-refractivity contribution < 1.29 is 14.0 Å². The van der Waals surface area contributed by atoms with Crippen LogP contribution in [0.1, 0.15) is 35.0 Å². The zero-order valence-corrected chi connectivity index (χ0v) is 16.1. The van der Waals surface area contributed by atoms with Crippen LogP contribution in [-0.4, -0.2) is 16.8 Å². The van der Waals surface area contributed by atoms with Crippen molar-refractivity contribution in [1.29, 1.82) is 0 Å². The van der Waals surface area contributed by atoms with Gasteiger partial charge in [0.2, 0.25) is 11.8 Å². The molecular formula is C18H19N3O3S2. The predicted octanol–water partition coefficient (Wildman–Crippen LogP) is 3.66. The van der Waals surface area contributed by atoms with Gasteiger partial charge in [-0.05, 0) is 30.5 Å². The molecule has 2 N–H and O–H groups in total. The third kappa shape index (κ3) is 4.80. The molecule has 0 saturated carbocycles. The van der Waals surface area contributed by atoms with Gasteiger partial charge in [-0.15, -0.1) is 22.7 Å². The van der Waals surface area contributed by atoms with Crippen LogP contribution in [0.4, 0.5) is 0 Å². The molecule has 8 heteroatoms. The molecule has 0 aliphatic heterocycles. The SMILES string of the molecule is CC(=O)N[C@H](CC(=O)NCc1ccc(-c2csc(C)n2)o1)c1cccs1. The minimum Gasteiger partial charge on any atom is -0.458 e. The molecule has 3 heterocycles. The molecule has 0 aliphatic carbocycles. The van der Waals surface area contributed by atoms with E-state index in [0.717, 1.165) is 15.6 Å². The van der Waals surface area contributed by atoms with Crippen molar-refractivity contribution in [2.24, 2.45) is 0 Å². The third-order valence-corrected chi connectivity index (χ3v) is 5.41. The van der Waals surface area contributed by atoms with E-state index in [1.165, 1.54) is 18.3 Å². The zero-order valence-electron chi connectivity index (χ0n) is 14.4. The van der Waals surface area contributed by atoms with Gasteiger partial charge in [0.1, 0.15) is 11.5 Å². The van der Waals surface area contributed by atoms with Gasteiger partial charge in [0.05, 0.1) is 24.0 Å². The molecule has 0 aromatic carbocycles.